The summed E-state index contributed by atoms with van der Waals surface area (Å²) in [4.78, 5) is 12.7. The van der Waals surface area contributed by atoms with E-state index >= 15 is 0 Å². The minimum absolute atomic E-state index is 0.00736. The van der Waals surface area contributed by atoms with Crippen LogP contribution in [0, 0.1) is 11.6 Å². The van der Waals surface area contributed by atoms with Crippen LogP contribution in [-0.2, 0) is 4.79 Å². The molecule has 86 valence electrons. The molecule has 2 nitrogen and oxygen atoms in total. The lowest BCUT2D eigenvalue weighted by atomic mass is 10.2. The molecule has 0 aliphatic carbocycles. The third-order valence-corrected chi connectivity index (χ3v) is 3.02. The number of anilines is 1. The Bertz CT molecular complexity index is 455. The van der Waals surface area contributed by atoms with Gasteiger partial charge in [0.1, 0.15) is 11.6 Å². The predicted octanol–water partition coefficient (Wildman–Crippen LogP) is 2.65. The van der Waals surface area contributed by atoms with Crippen LogP contribution >= 0.6 is 24.2 Å². The van der Waals surface area contributed by atoms with Gasteiger partial charge in [0.25, 0.3) is 0 Å². The summed E-state index contributed by atoms with van der Waals surface area (Å²) in [6.07, 6.45) is 0.248. The zero-order valence-corrected chi connectivity index (χ0v) is 9.73. The number of hydrogen-bond donors (Lipinski definition) is 1. The molecule has 1 aliphatic heterocycles. The maximum absolute atomic E-state index is 13.5. The molecule has 0 spiro atoms. The molecule has 1 aromatic carbocycles. The predicted molar refractivity (Wildman–Crippen MR) is 61.1 cm³/mol. The molecule has 16 heavy (non-hydrogen) atoms. The average Bonchev–Trinajstić information content (AvgIpc) is 2.51. The third kappa shape index (κ3) is 2.01. The van der Waals surface area contributed by atoms with Crippen LogP contribution in [0.15, 0.2) is 12.1 Å². The molecule has 0 radical (unpaired) electrons. The van der Waals surface area contributed by atoms with Gasteiger partial charge in [-0.25, -0.2) is 8.78 Å². The van der Waals surface area contributed by atoms with Crippen molar-refractivity contribution in [2.75, 3.05) is 11.4 Å². The molecule has 0 saturated carbocycles. The lowest BCUT2D eigenvalue weighted by molar-refractivity contribution is -0.117. The van der Waals surface area contributed by atoms with Crippen LogP contribution in [0.5, 0.6) is 0 Å². The first kappa shape index (κ1) is 11.7. The molecule has 1 aliphatic rings. The summed E-state index contributed by atoms with van der Waals surface area (Å²) in [7, 11) is 0. The highest BCUT2D eigenvalue weighted by molar-refractivity contribution is 7.81. The third-order valence-electron chi connectivity index (χ3n) is 2.39. The summed E-state index contributed by atoms with van der Waals surface area (Å²) in [5.41, 5.74) is 0.00736. The number of thiol groups is 1. The van der Waals surface area contributed by atoms with Crippen molar-refractivity contribution < 1.29 is 13.6 Å². The molecule has 6 heteroatoms. The molecule has 0 N–H and O–H groups in total. The maximum Gasteiger partial charge on any atom is 0.228 e. The topological polar surface area (TPSA) is 20.3 Å². The Labute approximate surface area is 102 Å². The van der Waals surface area contributed by atoms with Gasteiger partial charge in [-0.2, -0.15) is 12.6 Å². The molecular formula is C10H8ClF2NOS. The zero-order chi connectivity index (χ0) is 11.9. The molecule has 0 bridgehead atoms. The van der Waals surface area contributed by atoms with Crippen LogP contribution in [0.3, 0.4) is 0 Å². The summed E-state index contributed by atoms with van der Waals surface area (Å²) in [6.45, 7) is 0.306. The van der Waals surface area contributed by atoms with E-state index in [-0.39, 0.29) is 28.3 Å². The lowest BCUT2D eigenvalue weighted by Crippen LogP contribution is -2.25. The van der Waals surface area contributed by atoms with E-state index in [1.165, 1.54) is 4.90 Å². The average molecular weight is 264 g/mol. The van der Waals surface area contributed by atoms with Gasteiger partial charge in [-0.1, -0.05) is 11.6 Å². The number of halogens is 3. The van der Waals surface area contributed by atoms with Crippen molar-refractivity contribution in [1.29, 1.82) is 0 Å². The number of amides is 1. The second-order valence-corrected chi connectivity index (χ2v) is 4.72. The fraction of sp³-hybridized carbons (Fsp3) is 0.300. The number of hydrogen-bond acceptors (Lipinski definition) is 2. The number of carbonyl (C=O) groups is 1. The smallest absolute Gasteiger partial charge is 0.228 e. The molecule has 2 rings (SSSR count). The molecular weight excluding hydrogens is 256 g/mol. The van der Waals surface area contributed by atoms with Gasteiger partial charge in [-0.05, 0) is 6.07 Å². The van der Waals surface area contributed by atoms with Crippen LogP contribution in [0.2, 0.25) is 5.02 Å². The van der Waals surface area contributed by atoms with Crippen molar-refractivity contribution in [2.45, 2.75) is 11.7 Å². The van der Waals surface area contributed by atoms with Crippen LogP contribution in [0.25, 0.3) is 0 Å². The molecule has 1 aromatic rings. The SMILES string of the molecule is O=C1CC(S)CN1c1cc(Cl)c(F)cc1F. The monoisotopic (exact) mass is 263 g/mol. The first-order chi connectivity index (χ1) is 7.49. The van der Waals surface area contributed by atoms with Gasteiger partial charge >= 0.3 is 0 Å². The fourth-order valence-corrected chi connectivity index (χ4v) is 2.12. The van der Waals surface area contributed by atoms with Gasteiger partial charge in [0.05, 0.1) is 10.7 Å². The van der Waals surface area contributed by atoms with Gasteiger partial charge in [-0.3, -0.25) is 4.79 Å². The van der Waals surface area contributed by atoms with Crippen molar-refractivity contribution in [3.05, 3.63) is 28.8 Å². The van der Waals surface area contributed by atoms with Gasteiger partial charge in [0.2, 0.25) is 5.91 Å². The minimum atomic E-state index is -0.836. The zero-order valence-electron chi connectivity index (χ0n) is 8.08. The first-order valence-electron chi connectivity index (χ1n) is 4.62. The Balaban J connectivity index is 2.41. The van der Waals surface area contributed by atoms with Gasteiger partial charge in [0.15, 0.2) is 0 Å². The van der Waals surface area contributed by atoms with Crippen molar-refractivity contribution in [3.63, 3.8) is 0 Å². The van der Waals surface area contributed by atoms with Crippen molar-refractivity contribution in [3.8, 4) is 0 Å². The van der Waals surface area contributed by atoms with Crippen molar-refractivity contribution in [2.24, 2.45) is 0 Å². The van der Waals surface area contributed by atoms with E-state index in [1.54, 1.807) is 0 Å². The second-order valence-electron chi connectivity index (χ2n) is 3.58. The Hall–Kier alpha value is -0.810. The molecule has 1 saturated heterocycles. The summed E-state index contributed by atoms with van der Waals surface area (Å²) >= 11 is 9.70. The highest BCUT2D eigenvalue weighted by Gasteiger charge is 2.30. The van der Waals surface area contributed by atoms with E-state index in [9.17, 15) is 13.6 Å². The summed E-state index contributed by atoms with van der Waals surface area (Å²) in [5, 5.41) is -0.331. The van der Waals surface area contributed by atoms with Gasteiger partial charge in [-0.15, -0.1) is 0 Å². The van der Waals surface area contributed by atoms with Crippen LogP contribution in [-0.4, -0.2) is 17.7 Å². The van der Waals surface area contributed by atoms with Crippen molar-refractivity contribution in [1.82, 2.24) is 0 Å². The number of carbonyl (C=O) groups excluding carboxylic acids is 1. The number of benzene rings is 1. The van der Waals surface area contributed by atoms with E-state index in [1.807, 2.05) is 0 Å². The Morgan fingerprint density at radius 2 is 2.06 bits per heavy atom. The lowest BCUT2D eigenvalue weighted by Gasteiger charge is -2.17. The molecule has 1 unspecified atom stereocenters. The number of nitrogens with zero attached hydrogens (tertiary/aromatic N) is 1. The van der Waals surface area contributed by atoms with Gasteiger partial charge in [0, 0.05) is 24.3 Å². The standard InChI is InChI=1S/C10H8ClF2NOS/c11-6-2-9(8(13)3-7(6)12)14-4-5(16)1-10(14)15/h2-3,5,16H,1,4H2. The molecule has 1 amide bonds. The van der Waals surface area contributed by atoms with E-state index in [2.05, 4.69) is 12.6 Å². The normalized spacial score (nSPS) is 20.6. The fourth-order valence-electron chi connectivity index (χ4n) is 1.64. The van der Waals surface area contributed by atoms with Gasteiger partial charge < -0.3 is 4.90 Å². The highest BCUT2D eigenvalue weighted by Crippen LogP contribution is 2.30. The van der Waals surface area contributed by atoms with Crippen LogP contribution in [0.4, 0.5) is 14.5 Å². The Morgan fingerprint density at radius 1 is 1.38 bits per heavy atom. The second kappa shape index (κ2) is 4.22. The van der Waals surface area contributed by atoms with Crippen LogP contribution in [0.1, 0.15) is 6.42 Å². The molecule has 0 aromatic heterocycles. The minimum Gasteiger partial charge on any atom is -0.308 e. The van der Waals surface area contributed by atoms with E-state index in [0.717, 1.165) is 6.07 Å². The number of rotatable bonds is 1. The van der Waals surface area contributed by atoms with E-state index in [0.29, 0.717) is 12.6 Å². The molecule has 1 atom stereocenters. The summed E-state index contributed by atoms with van der Waals surface area (Å²) < 4.78 is 26.4. The molecule has 1 fully saturated rings. The largest absolute Gasteiger partial charge is 0.308 e. The van der Waals surface area contributed by atoms with Crippen LogP contribution < -0.4 is 4.90 Å². The summed E-state index contributed by atoms with van der Waals surface area (Å²) in [5.74, 6) is -1.86. The van der Waals surface area contributed by atoms with E-state index < -0.39 is 11.6 Å². The summed E-state index contributed by atoms with van der Waals surface area (Å²) in [6, 6.07) is 1.80. The Kier molecular flexibility index (Phi) is 3.08. The maximum atomic E-state index is 13.5. The first-order valence-corrected chi connectivity index (χ1v) is 5.51. The van der Waals surface area contributed by atoms with E-state index in [4.69, 9.17) is 11.6 Å². The quantitative estimate of drug-likeness (QED) is 0.610. The molecule has 1 heterocycles. The van der Waals surface area contributed by atoms with Crippen molar-refractivity contribution >= 4 is 35.8 Å². The Morgan fingerprint density at radius 3 is 2.62 bits per heavy atom. The highest BCUT2D eigenvalue weighted by atomic mass is 35.5.